The molecule has 0 amide bonds. The third kappa shape index (κ3) is 5.40. The van der Waals surface area contributed by atoms with Crippen LogP contribution in [0.25, 0.3) is 10.9 Å². The van der Waals surface area contributed by atoms with Gasteiger partial charge in [0.05, 0.1) is 17.5 Å². The number of carbonyl (C=O) groups is 1. The van der Waals surface area contributed by atoms with Crippen LogP contribution in [0.15, 0.2) is 50.8 Å². The number of hydrogen-bond donors (Lipinski definition) is 3. The number of aromatic amines is 1. The first-order chi connectivity index (χ1) is 17.2. The van der Waals surface area contributed by atoms with Crippen molar-refractivity contribution in [3.05, 3.63) is 95.3 Å². The lowest BCUT2D eigenvalue weighted by Crippen LogP contribution is -2.44. The number of aromatic nitrogens is 2. The zero-order chi connectivity index (χ0) is 26.0. The average Bonchev–Trinajstić information content (AvgIpc) is 2.89. The molecule has 1 aromatic heterocycles. The second kappa shape index (κ2) is 11.4. The normalized spacial score (nSPS) is 12.4. The molecule has 0 aliphatic carbocycles. The number of benzene rings is 2. The number of fused-ring (bicyclic) bond motifs is 2. The van der Waals surface area contributed by atoms with Crippen LogP contribution in [0.5, 0.6) is 0 Å². The van der Waals surface area contributed by atoms with Gasteiger partial charge in [-0.2, -0.15) is 0 Å². The average molecular weight is 526 g/mol. The Kier molecular flexibility index (Phi) is 8.46. The number of H-pyrrole nitrogens is 1. The van der Waals surface area contributed by atoms with Gasteiger partial charge in [-0.15, -0.1) is 12.4 Å². The van der Waals surface area contributed by atoms with E-state index in [0.29, 0.717) is 36.2 Å². The van der Waals surface area contributed by atoms with E-state index in [0.717, 1.165) is 23.1 Å². The third-order valence-corrected chi connectivity index (χ3v) is 6.16. The van der Waals surface area contributed by atoms with E-state index in [2.05, 4.69) is 22.1 Å². The summed E-state index contributed by atoms with van der Waals surface area (Å²) in [5.41, 5.74) is 15.2. The van der Waals surface area contributed by atoms with Crippen molar-refractivity contribution in [2.75, 3.05) is 23.8 Å². The second-order valence-electron chi connectivity index (χ2n) is 8.51. The SMILES string of the molecule is CCOC(=O)c1nc2c(C)cccc2c(=O)[nH]1.Cl.NCc1ccc2c(c1)CN(c1c(N)c(=O)c1=O)CC2. The number of ether oxygens (including phenoxy) is 1. The number of anilines is 2. The number of nitrogens with two attached hydrogens (primary N) is 2. The highest BCUT2D eigenvalue weighted by molar-refractivity contribution is 5.89. The first-order valence-corrected chi connectivity index (χ1v) is 11.6. The van der Waals surface area contributed by atoms with Crippen LogP contribution < -0.4 is 32.8 Å². The summed E-state index contributed by atoms with van der Waals surface area (Å²) in [5, 5.41) is 0.470. The van der Waals surface area contributed by atoms with Crippen LogP contribution >= 0.6 is 12.4 Å². The van der Waals surface area contributed by atoms with Crippen LogP contribution in [0.1, 0.15) is 39.8 Å². The predicted octanol–water partition coefficient (Wildman–Crippen LogP) is 1.72. The van der Waals surface area contributed by atoms with Gasteiger partial charge in [0, 0.05) is 19.6 Å². The number of hydrogen-bond acceptors (Lipinski definition) is 9. The van der Waals surface area contributed by atoms with E-state index in [1.54, 1.807) is 19.1 Å². The maximum absolute atomic E-state index is 11.8. The Balaban J connectivity index is 0.000000201. The zero-order valence-electron chi connectivity index (χ0n) is 20.5. The van der Waals surface area contributed by atoms with Crippen LogP contribution in [-0.4, -0.2) is 29.1 Å². The van der Waals surface area contributed by atoms with Gasteiger partial charge in [-0.3, -0.25) is 14.4 Å². The van der Waals surface area contributed by atoms with Gasteiger partial charge in [0.1, 0.15) is 11.4 Å². The number of nitrogen functional groups attached to an aromatic ring is 1. The van der Waals surface area contributed by atoms with Crippen LogP contribution in [-0.2, 0) is 24.2 Å². The number of halogens is 1. The monoisotopic (exact) mass is 525 g/mol. The van der Waals surface area contributed by atoms with Gasteiger partial charge >= 0.3 is 5.97 Å². The van der Waals surface area contributed by atoms with Gasteiger partial charge in [-0.25, -0.2) is 9.78 Å². The standard InChI is InChI=1S/C14H15N3O2.C12H12N2O3.ClH/c15-6-8-1-2-9-3-4-17(7-10(9)5-8)12-11(16)13(18)14(12)19;1-3-17-12(16)10-13-9-7(2)5-4-6-8(9)11(15)14-10;/h1-2,5H,3-4,6-7,15-16H2;4-6H,3H2,1-2H3,(H,13,14,15);1H. The molecule has 10 nitrogen and oxygen atoms in total. The summed E-state index contributed by atoms with van der Waals surface area (Å²) in [5.74, 6) is -0.673. The minimum absolute atomic E-state index is 0. The second-order valence-corrected chi connectivity index (χ2v) is 8.51. The van der Waals surface area contributed by atoms with E-state index in [1.807, 2.05) is 24.0 Å². The molecule has 1 aliphatic rings. The molecule has 0 saturated carbocycles. The van der Waals surface area contributed by atoms with Crippen molar-refractivity contribution in [2.45, 2.75) is 33.4 Å². The molecule has 0 unspecified atom stereocenters. The molecule has 3 aromatic carbocycles. The van der Waals surface area contributed by atoms with Crippen LogP contribution in [0.4, 0.5) is 11.4 Å². The van der Waals surface area contributed by atoms with Gasteiger partial charge in [-0.05, 0) is 48.6 Å². The topological polar surface area (TPSA) is 161 Å². The number of para-hydroxylation sites is 1. The van der Waals surface area contributed by atoms with Gasteiger partial charge in [0.15, 0.2) is 0 Å². The largest absolute Gasteiger partial charge is 0.460 e. The number of rotatable bonds is 4. The molecular weight excluding hydrogens is 498 g/mol. The van der Waals surface area contributed by atoms with Crippen LogP contribution in [0.3, 0.4) is 0 Å². The Morgan fingerprint density at radius 3 is 2.57 bits per heavy atom. The number of carbonyl (C=O) groups excluding carboxylic acids is 1. The molecule has 194 valence electrons. The van der Waals surface area contributed by atoms with E-state index in [1.165, 1.54) is 5.56 Å². The van der Waals surface area contributed by atoms with Crippen molar-refractivity contribution in [3.63, 3.8) is 0 Å². The summed E-state index contributed by atoms with van der Waals surface area (Å²) < 4.78 is 4.80. The van der Waals surface area contributed by atoms with Gasteiger partial charge < -0.3 is 26.1 Å². The van der Waals surface area contributed by atoms with Crippen molar-refractivity contribution in [2.24, 2.45) is 5.73 Å². The lowest BCUT2D eigenvalue weighted by Gasteiger charge is -2.31. The molecule has 0 saturated heterocycles. The fourth-order valence-corrected chi connectivity index (χ4v) is 4.24. The fourth-order valence-electron chi connectivity index (χ4n) is 4.24. The first-order valence-electron chi connectivity index (χ1n) is 11.6. The summed E-state index contributed by atoms with van der Waals surface area (Å²) in [4.78, 5) is 54.4. The number of esters is 1. The summed E-state index contributed by atoms with van der Waals surface area (Å²) in [6.45, 7) is 5.60. The molecule has 0 atom stereocenters. The Hall–Kier alpha value is -4.02. The van der Waals surface area contributed by atoms with Crippen molar-refractivity contribution in [3.8, 4) is 0 Å². The van der Waals surface area contributed by atoms with Crippen molar-refractivity contribution >= 4 is 40.7 Å². The molecule has 11 heteroatoms. The lowest BCUT2D eigenvalue weighted by molar-refractivity contribution is 0.0512. The van der Waals surface area contributed by atoms with Crippen molar-refractivity contribution in [1.29, 1.82) is 0 Å². The summed E-state index contributed by atoms with van der Waals surface area (Å²) in [7, 11) is 0. The number of nitrogens with zero attached hydrogens (tertiary/aromatic N) is 2. The quantitative estimate of drug-likeness (QED) is 0.266. The zero-order valence-corrected chi connectivity index (χ0v) is 21.3. The minimum atomic E-state index is -0.616. The molecular formula is C26H28ClN5O5. The molecule has 2 heterocycles. The Morgan fingerprint density at radius 2 is 1.89 bits per heavy atom. The molecule has 37 heavy (non-hydrogen) atoms. The van der Waals surface area contributed by atoms with E-state index in [9.17, 15) is 19.2 Å². The lowest BCUT2D eigenvalue weighted by atomic mass is 9.96. The molecule has 5 rings (SSSR count). The van der Waals surface area contributed by atoms with Crippen molar-refractivity contribution in [1.82, 2.24) is 9.97 Å². The van der Waals surface area contributed by atoms with Gasteiger partial charge in [-0.1, -0.05) is 30.3 Å². The highest BCUT2D eigenvalue weighted by Gasteiger charge is 2.26. The minimum Gasteiger partial charge on any atom is -0.460 e. The van der Waals surface area contributed by atoms with Gasteiger partial charge in [0.2, 0.25) is 5.82 Å². The molecule has 0 spiro atoms. The highest BCUT2D eigenvalue weighted by Crippen LogP contribution is 2.26. The Labute approximate surface area is 218 Å². The third-order valence-electron chi connectivity index (χ3n) is 6.16. The van der Waals surface area contributed by atoms with E-state index < -0.39 is 16.8 Å². The number of aryl methyl sites for hydroxylation is 1. The summed E-state index contributed by atoms with van der Waals surface area (Å²) in [6.07, 6.45) is 0.846. The smallest absolute Gasteiger partial charge is 0.374 e. The van der Waals surface area contributed by atoms with Gasteiger partial charge in [0.25, 0.3) is 16.4 Å². The number of nitrogens with one attached hydrogen (secondary N) is 1. The van der Waals surface area contributed by atoms with E-state index >= 15 is 0 Å². The highest BCUT2D eigenvalue weighted by atomic mass is 35.5. The van der Waals surface area contributed by atoms with E-state index in [-0.39, 0.29) is 36.1 Å². The first kappa shape index (κ1) is 27.6. The maximum Gasteiger partial charge on any atom is 0.374 e. The predicted molar refractivity (Wildman–Crippen MR) is 145 cm³/mol. The Morgan fingerprint density at radius 1 is 1.14 bits per heavy atom. The molecule has 1 aliphatic heterocycles. The van der Waals surface area contributed by atoms with E-state index in [4.69, 9.17) is 16.2 Å². The molecule has 4 aromatic rings. The molecule has 0 radical (unpaired) electrons. The Bertz CT molecular complexity index is 1590. The molecule has 5 N–H and O–H groups in total. The molecule has 0 fully saturated rings. The fraction of sp³-hybridized carbons (Fsp3) is 0.269. The maximum atomic E-state index is 11.8. The summed E-state index contributed by atoms with van der Waals surface area (Å²) >= 11 is 0. The van der Waals surface area contributed by atoms with Crippen LogP contribution in [0.2, 0.25) is 0 Å². The summed E-state index contributed by atoms with van der Waals surface area (Å²) in [6, 6.07) is 11.5. The van der Waals surface area contributed by atoms with Crippen LogP contribution in [0, 0.1) is 6.92 Å². The molecule has 0 bridgehead atoms. The van der Waals surface area contributed by atoms with Crippen molar-refractivity contribution < 1.29 is 9.53 Å².